The molecule has 2 N–H and O–H groups in total. The van der Waals surface area contributed by atoms with Crippen molar-refractivity contribution < 1.29 is 8.42 Å². The molecule has 1 aromatic carbocycles. The van der Waals surface area contributed by atoms with Gasteiger partial charge in [0.2, 0.25) is 10.0 Å². The lowest BCUT2D eigenvalue weighted by molar-refractivity contribution is 0.412. The Morgan fingerprint density at radius 1 is 1.29 bits per heavy atom. The molecule has 0 aliphatic carbocycles. The number of hydrogen-bond acceptors (Lipinski definition) is 4. The molecule has 0 unspecified atom stereocenters. The van der Waals surface area contributed by atoms with Crippen molar-refractivity contribution in [3.05, 3.63) is 28.2 Å². The van der Waals surface area contributed by atoms with Gasteiger partial charge in [0.25, 0.3) is 0 Å². The van der Waals surface area contributed by atoms with E-state index in [1.165, 1.54) is 0 Å². The molecule has 0 spiro atoms. The van der Waals surface area contributed by atoms with Crippen molar-refractivity contribution >= 4 is 26.0 Å². The molecule has 0 fully saturated rings. The van der Waals surface area contributed by atoms with E-state index in [2.05, 4.69) is 39.8 Å². The molecule has 0 amide bonds. The average molecular weight is 378 g/mol. The SMILES string of the molecule is CC(C)NCc1ccc(Br)c(S(=O)(=O)NCCN(C)C)c1. The van der Waals surface area contributed by atoms with Crippen molar-refractivity contribution in [3.8, 4) is 0 Å². The number of nitrogens with one attached hydrogen (secondary N) is 2. The van der Waals surface area contributed by atoms with Gasteiger partial charge < -0.3 is 10.2 Å². The second-order valence-electron chi connectivity index (χ2n) is 5.50. The minimum absolute atomic E-state index is 0.282. The molecule has 21 heavy (non-hydrogen) atoms. The third kappa shape index (κ3) is 6.44. The fraction of sp³-hybridized carbons (Fsp3) is 0.571. The maximum Gasteiger partial charge on any atom is 0.241 e. The van der Waals surface area contributed by atoms with Gasteiger partial charge in [-0.1, -0.05) is 19.9 Å². The summed E-state index contributed by atoms with van der Waals surface area (Å²) in [6.07, 6.45) is 0. The van der Waals surface area contributed by atoms with Gasteiger partial charge in [-0.05, 0) is 47.7 Å². The number of rotatable bonds is 8. The second-order valence-corrected chi connectivity index (χ2v) is 8.09. The monoisotopic (exact) mass is 377 g/mol. The molecule has 0 atom stereocenters. The van der Waals surface area contributed by atoms with Gasteiger partial charge in [-0.2, -0.15) is 0 Å². The molecule has 1 aromatic rings. The summed E-state index contributed by atoms with van der Waals surface area (Å²) in [7, 11) is 0.311. The van der Waals surface area contributed by atoms with Crippen LogP contribution in [0.15, 0.2) is 27.6 Å². The van der Waals surface area contributed by atoms with Crippen molar-refractivity contribution in [1.29, 1.82) is 0 Å². The van der Waals surface area contributed by atoms with Crippen molar-refractivity contribution in [2.75, 3.05) is 27.2 Å². The van der Waals surface area contributed by atoms with E-state index < -0.39 is 10.0 Å². The van der Waals surface area contributed by atoms with Crippen molar-refractivity contribution in [1.82, 2.24) is 14.9 Å². The fourth-order valence-corrected chi connectivity index (χ4v) is 3.70. The van der Waals surface area contributed by atoms with E-state index in [0.717, 1.165) is 5.56 Å². The topological polar surface area (TPSA) is 61.4 Å². The quantitative estimate of drug-likeness (QED) is 0.724. The van der Waals surface area contributed by atoms with Crippen molar-refractivity contribution in [2.24, 2.45) is 0 Å². The first-order chi connectivity index (χ1) is 9.72. The summed E-state index contributed by atoms with van der Waals surface area (Å²) >= 11 is 3.32. The van der Waals surface area contributed by atoms with Gasteiger partial charge >= 0.3 is 0 Å². The zero-order chi connectivity index (χ0) is 16.0. The summed E-state index contributed by atoms with van der Waals surface area (Å²) in [5, 5.41) is 3.28. The maximum atomic E-state index is 12.3. The highest BCUT2D eigenvalue weighted by atomic mass is 79.9. The molecule has 0 saturated heterocycles. The van der Waals surface area contributed by atoms with Crippen LogP contribution in [0.3, 0.4) is 0 Å². The molecule has 7 heteroatoms. The highest BCUT2D eigenvalue weighted by molar-refractivity contribution is 9.10. The molecule has 0 saturated carbocycles. The van der Waals surface area contributed by atoms with Crippen LogP contribution in [0.25, 0.3) is 0 Å². The molecule has 0 aromatic heterocycles. The van der Waals surface area contributed by atoms with E-state index in [4.69, 9.17) is 0 Å². The Morgan fingerprint density at radius 3 is 2.52 bits per heavy atom. The highest BCUT2D eigenvalue weighted by Gasteiger charge is 2.17. The number of benzene rings is 1. The summed E-state index contributed by atoms with van der Waals surface area (Å²) in [5.41, 5.74) is 0.944. The van der Waals surface area contributed by atoms with Crippen molar-refractivity contribution in [2.45, 2.75) is 31.3 Å². The van der Waals surface area contributed by atoms with Gasteiger partial charge in [-0.3, -0.25) is 0 Å². The predicted molar refractivity (Wildman–Crippen MR) is 89.9 cm³/mol. The Morgan fingerprint density at radius 2 is 1.95 bits per heavy atom. The van der Waals surface area contributed by atoms with Gasteiger partial charge in [0.1, 0.15) is 0 Å². The van der Waals surface area contributed by atoms with Gasteiger partial charge in [0.05, 0.1) is 4.90 Å². The molecule has 0 aliphatic heterocycles. The third-order valence-corrected chi connectivity index (χ3v) is 5.31. The Bertz CT molecular complexity index is 559. The lowest BCUT2D eigenvalue weighted by atomic mass is 10.2. The van der Waals surface area contributed by atoms with Crippen LogP contribution in [0.4, 0.5) is 0 Å². The standard InChI is InChI=1S/C14H24BrN3O2S/c1-11(2)16-10-12-5-6-13(15)14(9-12)21(19,20)17-7-8-18(3)4/h5-6,9,11,16-17H,7-8,10H2,1-4H3. The molecular formula is C14H24BrN3O2S. The Labute approximate surface area is 136 Å². The molecule has 120 valence electrons. The van der Waals surface area contributed by atoms with Crippen LogP contribution in [0.2, 0.25) is 0 Å². The molecule has 0 bridgehead atoms. The summed E-state index contributed by atoms with van der Waals surface area (Å²) in [6, 6.07) is 5.75. The number of hydrogen-bond donors (Lipinski definition) is 2. The van der Waals surface area contributed by atoms with E-state index in [0.29, 0.717) is 30.1 Å². The maximum absolute atomic E-state index is 12.3. The largest absolute Gasteiger partial charge is 0.310 e. The fourth-order valence-electron chi connectivity index (χ4n) is 1.67. The van der Waals surface area contributed by atoms with Crippen LogP contribution >= 0.6 is 15.9 Å². The number of likely N-dealkylation sites (N-methyl/N-ethyl adjacent to an activating group) is 1. The van der Waals surface area contributed by atoms with E-state index in [9.17, 15) is 8.42 Å². The summed E-state index contributed by atoms with van der Waals surface area (Å²) in [5.74, 6) is 0. The normalized spacial score (nSPS) is 12.3. The first-order valence-electron chi connectivity index (χ1n) is 6.88. The van der Waals surface area contributed by atoms with Gasteiger partial charge in [-0.15, -0.1) is 0 Å². The minimum atomic E-state index is -3.50. The zero-order valence-electron chi connectivity index (χ0n) is 13.0. The smallest absolute Gasteiger partial charge is 0.241 e. The zero-order valence-corrected chi connectivity index (χ0v) is 15.4. The van der Waals surface area contributed by atoms with Crippen LogP contribution in [0.5, 0.6) is 0 Å². The lowest BCUT2D eigenvalue weighted by Gasteiger charge is -2.13. The van der Waals surface area contributed by atoms with E-state index in [-0.39, 0.29) is 4.90 Å². The number of nitrogens with zero attached hydrogens (tertiary/aromatic N) is 1. The Kier molecular flexibility index (Phi) is 7.29. The van der Waals surface area contributed by atoms with Crippen LogP contribution in [0, 0.1) is 0 Å². The first kappa shape index (κ1) is 18.6. The average Bonchev–Trinajstić information content (AvgIpc) is 2.36. The molecule has 5 nitrogen and oxygen atoms in total. The van der Waals surface area contributed by atoms with Crippen LogP contribution in [-0.2, 0) is 16.6 Å². The van der Waals surface area contributed by atoms with Crippen molar-refractivity contribution in [3.63, 3.8) is 0 Å². The first-order valence-corrected chi connectivity index (χ1v) is 9.16. The van der Waals surface area contributed by atoms with Crippen LogP contribution in [-0.4, -0.2) is 46.5 Å². The summed E-state index contributed by atoms with van der Waals surface area (Å²) < 4.78 is 27.9. The predicted octanol–water partition coefficient (Wildman–Crippen LogP) is 1.79. The highest BCUT2D eigenvalue weighted by Crippen LogP contribution is 2.23. The Balaban J connectivity index is 2.86. The number of sulfonamides is 1. The summed E-state index contributed by atoms with van der Waals surface area (Å²) in [4.78, 5) is 2.21. The Hall–Kier alpha value is -0.470. The molecule has 1 rings (SSSR count). The molecule has 0 radical (unpaired) electrons. The van der Waals surface area contributed by atoms with Crippen LogP contribution < -0.4 is 10.0 Å². The molecule has 0 aliphatic rings. The third-order valence-electron chi connectivity index (χ3n) is 2.85. The van der Waals surface area contributed by atoms with E-state index in [1.807, 2.05) is 25.1 Å². The lowest BCUT2D eigenvalue weighted by Crippen LogP contribution is -2.31. The second kappa shape index (κ2) is 8.24. The van der Waals surface area contributed by atoms with E-state index in [1.54, 1.807) is 12.1 Å². The number of halogens is 1. The van der Waals surface area contributed by atoms with Crippen LogP contribution in [0.1, 0.15) is 19.4 Å². The molecule has 0 heterocycles. The minimum Gasteiger partial charge on any atom is -0.310 e. The van der Waals surface area contributed by atoms with Gasteiger partial charge in [-0.25, -0.2) is 13.1 Å². The van der Waals surface area contributed by atoms with E-state index >= 15 is 0 Å². The van der Waals surface area contributed by atoms with Gasteiger partial charge in [0.15, 0.2) is 0 Å². The molecular weight excluding hydrogens is 354 g/mol. The van der Waals surface area contributed by atoms with Gasteiger partial charge in [0, 0.05) is 30.1 Å². The summed E-state index contributed by atoms with van der Waals surface area (Å²) in [6.45, 7) is 5.80.